The third kappa shape index (κ3) is 0.646. The zero-order valence-corrected chi connectivity index (χ0v) is 3.86. The lowest BCUT2D eigenvalue weighted by Gasteiger charge is -2.23. The normalized spacial score (nSPS) is 39.6. The number of hydrogen-bond acceptors (Lipinski definition) is 1. The summed E-state index contributed by atoms with van der Waals surface area (Å²) in [5.41, 5.74) is 0. The van der Waals surface area contributed by atoms with E-state index >= 15 is 0 Å². The first-order valence-electron chi connectivity index (χ1n) is 2.36. The van der Waals surface area contributed by atoms with Crippen molar-refractivity contribution < 1.29 is 9.18 Å². The van der Waals surface area contributed by atoms with E-state index in [1.54, 1.807) is 6.29 Å². The van der Waals surface area contributed by atoms with Crippen LogP contribution in [0.25, 0.3) is 0 Å². The van der Waals surface area contributed by atoms with Crippen LogP contribution in [0, 0.1) is 5.92 Å². The largest absolute Gasteiger partial charge is 0.290 e. The van der Waals surface area contributed by atoms with Crippen LogP contribution in [0.1, 0.15) is 12.8 Å². The van der Waals surface area contributed by atoms with E-state index in [0.29, 0.717) is 12.8 Å². The zero-order valence-electron chi connectivity index (χ0n) is 3.86. The molecule has 0 aromatic rings. The van der Waals surface area contributed by atoms with E-state index in [0.717, 1.165) is 0 Å². The lowest BCUT2D eigenvalue weighted by atomic mass is 9.85. The van der Waals surface area contributed by atoms with Crippen molar-refractivity contribution in [1.82, 2.24) is 0 Å². The van der Waals surface area contributed by atoms with Crippen LogP contribution in [-0.2, 0) is 4.79 Å². The highest BCUT2D eigenvalue weighted by molar-refractivity contribution is 5.56. The average molecular weight is 101 g/mol. The van der Waals surface area contributed by atoms with E-state index in [-0.39, 0.29) is 5.92 Å². The van der Waals surface area contributed by atoms with E-state index in [1.165, 1.54) is 0 Å². The fourth-order valence-corrected chi connectivity index (χ4v) is 0.592. The zero-order chi connectivity index (χ0) is 5.28. The van der Waals surface area contributed by atoms with E-state index in [9.17, 15) is 9.18 Å². The highest BCUT2D eigenvalue weighted by atomic mass is 19.1. The molecule has 2 unspecified atom stereocenters. The molecule has 1 nitrogen and oxygen atoms in total. The van der Waals surface area contributed by atoms with Gasteiger partial charge in [-0.05, 0) is 12.8 Å². The molecule has 1 aliphatic carbocycles. The van der Waals surface area contributed by atoms with Gasteiger partial charge < -0.3 is 0 Å². The molecule has 7 heavy (non-hydrogen) atoms. The molecule has 0 amide bonds. The Labute approximate surface area is 41.5 Å². The summed E-state index contributed by atoms with van der Waals surface area (Å²) >= 11 is 0. The molecule has 2 atom stereocenters. The molecule has 0 aliphatic heterocycles. The van der Waals surface area contributed by atoms with Crippen molar-refractivity contribution in [3.63, 3.8) is 0 Å². The van der Waals surface area contributed by atoms with Crippen LogP contribution in [0.4, 0.5) is 4.39 Å². The Morgan fingerprint density at radius 2 is 2.29 bits per heavy atom. The number of halogens is 1. The molecule has 0 bridgehead atoms. The van der Waals surface area contributed by atoms with Crippen LogP contribution in [-0.4, -0.2) is 12.5 Å². The molecule has 0 spiro atoms. The second kappa shape index (κ2) is 1.60. The van der Waals surface area contributed by atoms with Gasteiger partial charge in [-0.3, -0.25) is 4.79 Å². The molecule has 0 aromatic heterocycles. The standard InChI is InChI=1S/C5H6FO/c6-5-2-1-4(5)3-7/h4-5H,1-2H2. The van der Waals surface area contributed by atoms with E-state index < -0.39 is 6.17 Å². The molecular formula is C5H6FO. The average Bonchev–Trinajstić information content (AvgIpc) is 1.65. The number of hydrogen-bond donors (Lipinski definition) is 0. The first-order chi connectivity index (χ1) is 3.34. The van der Waals surface area contributed by atoms with Gasteiger partial charge >= 0.3 is 0 Å². The van der Waals surface area contributed by atoms with Crippen LogP contribution >= 0.6 is 0 Å². The minimum absolute atomic E-state index is 0.389. The first kappa shape index (κ1) is 4.75. The second-order valence-corrected chi connectivity index (χ2v) is 1.82. The van der Waals surface area contributed by atoms with E-state index in [4.69, 9.17) is 0 Å². The maximum Gasteiger partial charge on any atom is 0.204 e. The van der Waals surface area contributed by atoms with Gasteiger partial charge in [0.15, 0.2) is 0 Å². The molecule has 0 heterocycles. The molecule has 0 N–H and O–H groups in total. The quantitative estimate of drug-likeness (QED) is 0.478. The summed E-state index contributed by atoms with van der Waals surface area (Å²) < 4.78 is 11.9. The summed E-state index contributed by atoms with van der Waals surface area (Å²) in [7, 11) is 0. The van der Waals surface area contributed by atoms with Gasteiger partial charge in [-0.1, -0.05) is 0 Å². The predicted molar refractivity (Wildman–Crippen MR) is 23.3 cm³/mol. The Hall–Kier alpha value is -0.400. The summed E-state index contributed by atoms with van der Waals surface area (Å²) in [6, 6.07) is 0. The Morgan fingerprint density at radius 1 is 1.57 bits per heavy atom. The Balaban J connectivity index is 2.28. The van der Waals surface area contributed by atoms with Gasteiger partial charge in [0.1, 0.15) is 6.17 Å². The lowest BCUT2D eigenvalue weighted by molar-refractivity contribution is 0.160. The highest BCUT2D eigenvalue weighted by Crippen LogP contribution is 2.27. The summed E-state index contributed by atoms with van der Waals surface area (Å²) in [5, 5.41) is 0. The molecule has 1 radical (unpaired) electrons. The van der Waals surface area contributed by atoms with Crippen LogP contribution in [0.2, 0.25) is 0 Å². The van der Waals surface area contributed by atoms with Crippen molar-refractivity contribution in [2.24, 2.45) is 5.92 Å². The van der Waals surface area contributed by atoms with Gasteiger partial charge in [0.25, 0.3) is 0 Å². The van der Waals surface area contributed by atoms with E-state index in [1.807, 2.05) is 0 Å². The molecule has 39 valence electrons. The molecule has 0 saturated heterocycles. The molecule has 1 fully saturated rings. The van der Waals surface area contributed by atoms with Crippen molar-refractivity contribution in [2.75, 3.05) is 0 Å². The van der Waals surface area contributed by atoms with Crippen molar-refractivity contribution in [2.45, 2.75) is 19.0 Å². The highest BCUT2D eigenvalue weighted by Gasteiger charge is 2.30. The summed E-state index contributed by atoms with van der Waals surface area (Å²) in [6.07, 6.45) is 2.00. The summed E-state index contributed by atoms with van der Waals surface area (Å²) in [6.45, 7) is 0. The van der Waals surface area contributed by atoms with Gasteiger partial charge in [0, 0.05) is 0 Å². The van der Waals surface area contributed by atoms with Crippen LogP contribution in [0.5, 0.6) is 0 Å². The number of carbonyl (C=O) groups excluding carboxylic acids is 1. The fraction of sp³-hybridized carbons (Fsp3) is 0.800. The van der Waals surface area contributed by atoms with Crippen molar-refractivity contribution in [3.8, 4) is 0 Å². The minimum Gasteiger partial charge on any atom is -0.290 e. The Bertz CT molecular complexity index is 82.1. The first-order valence-corrected chi connectivity index (χ1v) is 2.36. The molecule has 0 aromatic carbocycles. The summed E-state index contributed by atoms with van der Waals surface area (Å²) in [4.78, 5) is 9.63. The smallest absolute Gasteiger partial charge is 0.204 e. The monoisotopic (exact) mass is 101 g/mol. The third-order valence-electron chi connectivity index (χ3n) is 1.34. The number of rotatable bonds is 1. The van der Waals surface area contributed by atoms with E-state index in [2.05, 4.69) is 0 Å². The van der Waals surface area contributed by atoms with Crippen molar-refractivity contribution >= 4 is 6.29 Å². The van der Waals surface area contributed by atoms with Crippen LogP contribution < -0.4 is 0 Å². The maximum absolute atomic E-state index is 11.9. The molecule has 2 heteroatoms. The molecular weight excluding hydrogens is 95.1 g/mol. The molecule has 1 aliphatic rings. The van der Waals surface area contributed by atoms with Crippen molar-refractivity contribution in [1.29, 1.82) is 0 Å². The lowest BCUT2D eigenvalue weighted by Crippen LogP contribution is -2.27. The van der Waals surface area contributed by atoms with Gasteiger partial charge in [-0.2, -0.15) is 0 Å². The predicted octanol–water partition coefficient (Wildman–Crippen LogP) is 0.844. The Kier molecular flexibility index (Phi) is 1.09. The van der Waals surface area contributed by atoms with Crippen molar-refractivity contribution in [3.05, 3.63) is 0 Å². The molecule has 1 rings (SSSR count). The summed E-state index contributed by atoms with van der Waals surface area (Å²) in [5.74, 6) is -0.389. The second-order valence-electron chi connectivity index (χ2n) is 1.82. The SMILES string of the molecule is O=[C]C1CCC1F. The number of alkyl halides is 1. The minimum atomic E-state index is -0.877. The van der Waals surface area contributed by atoms with Gasteiger partial charge in [-0.15, -0.1) is 0 Å². The molecule has 1 saturated carbocycles. The van der Waals surface area contributed by atoms with Gasteiger partial charge in [0.2, 0.25) is 6.29 Å². The third-order valence-corrected chi connectivity index (χ3v) is 1.34. The van der Waals surface area contributed by atoms with Gasteiger partial charge in [0.05, 0.1) is 5.92 Å². The maximum atomic E-state index is 11.9. The van der Waals surface area contributed by atoms with Gasteiger partial charge in [-0.25, -0.2) is 4.39 Å². The fourth-order valence-electron chi connectivity index (χ4n) is 0.592. The van der Waals surface area contributed by atoms with Crippen LogP contribution in [0.3, 0.4) is 0 Å². The Morgan fingerprint density at radius 3 is 2.29 bits per heavy atom. The van der Waals surface area contributed by atoms with Crippen LogP contribution in [0.15, 0.2) is 0 Å². The topological polar surface area (TPSA) is 17.1 Å².